The molecule has 6 heteroatoms. The molecule has 28 heavy (non-hydrogen) atoms. The van der Waals surface area contributed by atoms with E-state index < -0.39 is 16.7 Å². The van der Waals surface area contributed by atoms with Crippen molar-refractivity contribution in [1.29, 1.82) is 15.8 Å². The first-order chi connectivity index (χ1) is 13.6. The second-order valence-corrected chi connectivity index (χ2v) is 6.61. The number of fused-ring (bicyclic) bond motifs is 2. The van der Waals surface area contributed by atoms with E-state index in [4.69, 9.17) is 5.73 Å². The topological polar surface area (TPSA) is 126 Å². The molecule has 1 aliphatic carbocycles. The van der Waals surface area contributed by atoms with E-state index in [1.165, 1.54) is 0 Å². The Morgan fingerprint density at radius 3 is 2.21 bits per heavy atom. The molecule has 1 atom stereocenters. The van der Waals surface area contributed by atoms with Crippen molar-refractivity contribution >= 4 is 17.2 Å². The summed E-state index contributed by atoms with van der Waals surface area (Å²) in [5.74, 6) is -0.523. The number of rotatable bonds is 1. The molecule has 1 amide bonds. The SMILES string of the molecule is N#CC1=C(N)C(C#N)(C#N)C2(C=C1c1ccccc1)C(=O)Nc1ccccc12. The van der Waals surface area contributed by atoms with E-state index in [1.807, 2.05) is 24.3 Å². The lowest BCUT2D eigenvalue weighted by molar-refractivity contribution is -0.120. The third-order valence-corrected chi connectivity index (χ3v) is 5.39. The smallest absolute Gasteiger partial charge is 0.242 e. The maximum Gasteiger partial charge on any atom is 0.242 e. The van der Waals surface area contributed by atoms with Gasteiger partial charge in [0.15, 0.2) is 0 Å². The fraction of sp³-hybridized carbons (Fsp3) is 0.0909. The van der Waals surface area contributed by atoms with Gasteiger partial charge in [0.05, 0.1) is 23.4 Å². The summed E-state index contributed by atoms with van der Waals surface area (Å²) in [6.45, 7) is 0. The van der Waals surface area contributed by atoms with Gasteiger partial charge in [0.1, 0.15) is 11.5 Å². The van der Waals surface area contributed by atoms with Crippen LogP contribution in [0, 0.1) is 39.4 Å². The minimum atomic E-state index is -2.05. The summed E-state index contributed by atoms with van der Waals surface area (Å²) in [6, 6.07) is 21.8. The number of anilines is 1. The lowest BCUT2D eigenvalue weighted by atomic mass is 9.55. The van der Waals surface area contributed by atoms with Crippen LogP contribution in [0.15, 0.2) is 71.9 Å². The second kappa shape index (κ2) is 5.84. The van der Waals surface area contributed by atoms with E-state index >= 15 is 0 Å². The van der Waals surface area contributed by atoms with Gasteiger partial charge in [-0.1, -0.05) is 54.6 Å². The summed E-state index contributed by atoms with van der Waals surface area (Å²) in [5.41, 5.74) is 4.47. The molecular formula is C22H13N5O. The van der Waals surface area contributed by atoms with E-state index in [1.54, 1.807) is 54.6 Å². The van der Waals surface area contributed by atoms with Crippen LogP contribution in [-0.4, -0.2) is 5.91 Å². The van der Waals surface area contributed by atoms with Crippen molar-refractivity contribution in [2.75, 3.05) is 5.32 Å². The first-order valence-corrected chi connectivity index (χ1v) is 8.48. The summed E-state index contributed by atoms with van der Waals surface area (Å²) < 4.78 is 0. The number of amides is 1. The molecule has 2 aliphatic rings. The van der Waals surface area contributed by atoms with Crippen LogP contribution in [0.2, 0.25) is 0 Å². The molecule has 1 aliphatic heterocycles. The molecule has 4 rings (SSSR count). The molecule has 2 aromatic carbocycles. The van der Waals surface area contributed by atoms with Gasteiger partial charge in [0, 0.05) is 5.69 Å². The van der Waals surface area contributed by atoms with Gasteiger partial charge >= 0.3 is 0 Å². The number of nitrogens with two attached hydrogens (primary N) is 1. The van der Waals surface area contributed by atoms with Crippen molar-refractivity contribution in [3.63, 3.8) is 0 Å². The average molecular weight is 363 g/mol. The van der Waals surface area contributed by atoms with Crippen molar-refractivity contribution < 1.29 is 4.79 Å². The van der Waals surface area contributed by atoms with E-state index in [-0.39, 0.29) is 11.3 Å². The zero-order valence-electron chi connectivity index (χ0n) is 14.6. The Balaban J connectivity index is 2.17. The number of carbonyl (C=O) groups excluding carboxylic acids is 1. The molecule has 0 fully saturated rings. The molecule has 1 unspecified atom stereocenters. The number of hydrogen-bond donors (Lipinski definition) is 2. The molecule has 6 nitrogen and oxygen atoms in total. The molecule has 0 saturated heterocycles. The second-order valence-electron chi connectivity index (χ2n) is 6.61. The summed E-state index contributed by atoms with van der Waals surface area (Å²) in [5, 5.41) is 32.6. The number of nitrogens with zero attached hydrogens (tertiary/aromatic N) is 3. The Bertz CT molecular complexity index is 1190. The predicted molar refractivity (Wildman–Crippen MR) is 102 cm³/mol. The van der Waals surface area contributed by atoms with Gasteiger partial charge in [-0.2, -0.15) is 15.8 Å². The fourth-order valence-electron chi connectivity index (χ4n) is 4.02. The highest BCUT2D eigenvalue weighted by atomic mass is 16.2. The molecule has 0 radical (unpaired) electrons. The quantitative estimate of drug-likeness (QED) is 0.805. The number of benzene rings is 2. The van der Waals surface area contributed by atoms with E-state index in [2.05, 4.69) is 5.32 Å². The van der Waals surface area contributed by atoms with Gasteiger partial charge in [0.25, 0.3) is 0 Å². The van der Waals surface area contributed by atoms with E-state index in [0.29, 0.717) is 22.4 Å². The first-order valence-electron chi connectivity index (χ1n) is 8.48. The van der Waals surface area contributed by atoms with Crippen LogP contribution in [0.4, 0.5) is 5.69 Å². The highest BCUT2D eigenvalue weighted by molar-refractivity contribution is 6.12. The van der Waals surface area contributed by atoms with E-state index in [9.17, 15) is 20.6 Å². The Morgan fingerprint density at radius 2 is 1.57 bits per heavy atom. The Hall–Kier alpha value is -4.34. The molecule has 0 bridgehead atoms. The van der Waals surface area contributed by atoms with Crippen LogP contribution in [0.1, 0.15) is 11.1 Å². The zero-order chi connectivity index (χ0) is 19.9. The zero-order valence-corrected chi connectivity index (χ0v) is 14.6. The van der Waals surface area contributed by atoms with Crippen LogP contribution in [0.3, 0.4) is 0 Å². The third-order valence-electron chi connectivity index (χ3n) is 5.39. The van der Waals surface area contributed by atoms with Crippen molar-refractivity contribution in [3.8, 4) is 18.2 Å². The lowest BCUT2D eigenvalue weighted by Gasteiger charge is -2.40. The minimum Gasteiger partial charge on any atom is -0.399 e. The fourth-order valence-corrected chi connectivity index (χ4v) is 4.02. The van der Waals surface area contributed by atoms with Gasteiger partial charge in [-0.3, -0.25) is 4.79 Å². The molecule has 1 heterocycles. The maximum absolute atomic E-state index is 13.2. The molecule has 0 saturated carbocycles. The van der Waals surface area contributed by atoms with Crippen LogP contribution in [0.25, 0.3) is 5.57 Å². The predicted octanol–water partition coefficient (Wildman–Crippen LogP) is 2.74. The van der Waals surface area contributed by atoms with Gasteiger partial charge in [-0.05, 0) is 22.8 Å². The Labute approximate surface area is 161 Å². The first kappa shape index (κ1) is 17.1. The largest absolute Gasteiger partial charge is 0.399 e. The Morgan fingerprint density at radius 1 is 0.929 bits per heavy atom. The summed E-state index contributed by atoms with van der Waals surface area (Å²) in [6.07, 6.45) is 1.55. The highest BCUT2D eigenvalue weighted by Gasteiger charge is 2.65. The number of nitrogens with one attached hydrogen (secondary N) is 1. The van der Waals surface area contributed by atoms with Gasteiger partial charge in [-0.25, -0.2) is 0 Å². The molecular weight excluding hydrogens is 350 g/mol. The van der Waals surface area contributed by atoms with Crippen LogP contribution >= 0.6 is 0 Å². The van der Waals surface area contributed by atoms with Crippen molar-refractivity contribution in [2.45, 2.75) is 5.41 Å². The standard InChI is InChI=1S/C22H13N5O/c23-11-16-15(14-6-2-1-3-7-14)10-22(21(12-24,13-25)19(16)26)17-8-4-5-9-18(17)27-20(22)28/h1-10H,26H2,(H,27,28). The van der Waals surface area contributed by atoms with Gasteiger partial charge < -0.3 is 11.1 Å². The number of hydrogen-bond acceptors (Lipinski definition) is 5. The number of allylic oxidation sites excluding steroid dienone is 3. The van der Waals surface area contributed by atoms with Gasteiger partial charge in [-0.15, -0.1) is 0 Å². The van der Waals surface area contributed by atoms with E-state index in [0.717, 1.165) is 0 Å². The lowest BCUT2D eigenvalue weighted by Crippen LogP contribution is -2.53. The summed E-state index contributed by atoms with van der Waals surface area (Å²) >= 11 is 0. The van der Waals surface area contributed by atoms with Gasteiger partial charge in [0.2, 0.25) is 11.3 Å². The highest BCUT2D eigenvalue weighted by Crippen LogP contribution is 2.57. The van der Waals surface area contributed by atoms with Crippen LogP contribution < -0.4 is 11.1 Å². The minimum absolute atomic E-state index is 0.0251. The van der Waals surface area contributed by atoms with Crippen molar-refractivity contribution in [1.82, 2.24) is 0 Å². The number of nitriles is 3. The summed E-state index contributed by atoms with van der Waals surface area (Å²) in [7, 11) is 0. The maximum atomic E-state index is 13.2. The average Bonchev–Trinajstić information content (AvgIpc) is 3.02. The number of para-hydroxylation sites is 1. The molecule has 3 N–H and O–H groups in total. The normalized spacial score (nSPS) is 21.8. The molecule has 1 spiro atoms. The monoisotopic (exact) mass is 363 g/mol. The van der Waals surface area contributed by atoms with Crippen molar-refractivity contribution in [3.05, 3.63) is 83.1 Å². The Kier molecular flexibility index (Phi) is 3.57. The van der Waals surface area contributed by atoms with Crippen LogP contribution in [-0.2, 0) is 10.2 Å². The molecule has 2 aromatic rings. The van der Waals surface area contributed by atoms with Crippen molar-refractivity contribution in [2.24, 2.45) is 11.1 Å². The third kappa shape index (κ3) is 1.85. The summed E-state index contributed by atoms with van der Waals surface area (Å²) in [4.78, 5) is 13.2. The molecule has 132 valence electrons. The van der Waals surface area contributed by atoms with Crippen LogP contribution in [0.5, 0.6) is 0 Å². The number of carbonyl (C=O) groups is 1. The molecule has 0 aromatic heterocycles.